The first kappa shape index (κ1) is 18.3. The van der Waals surface area contributed by atoms with E-state index in [0.717, 1.165) is 6.54 Å². The summed E-state index contributed by atoms with van der Waals surface area (Å²) in [5.41, 5.74) is 0. The van der Waals surface area contributed by atoms with E-state index in [2.05, 4.69) is 10.6 Å². The Balaban J connectivity index is 0. The van der Waals surface area contributed by atoms with Crippen LogP contribution in [-0.4, -0.2) is 24.4 Å². The van der Waals surface area contributed by atoms with Crippen LogP contribution >= 0.6 is 0 Å². The predicted molar refractivity (Wildman–Crippen MR) is 71.6 cm³/mol. The SMILES string of the molecule is CC(C)NC(=O)C(C)C.CCNC(=O)C(C)C. The molecule has 0 aromatic heterocycles. The van der Waals surface area contributed by atoms with Gasteiger partial charge in [-0.2, -0.15) is 0 Å². The summed E-state index contributed by atoms with van der Waals surface area (Å²) in [5.74, 6) is 0.486. The Hall–Kier alpha value is -1.06. The average molecular weight is 244 g/mol. The van der Waals surface area contributed by atoms with Gasteiger partial charge in [-0.1, -0.05) is 27.7 Å². The van der Waals surface area contributed by atoms with Crippen LogP contribution in [0.5, 0.6) is 0 Å². The number of amides is 2. The fourth-order valence-corrected chi connectivity index (χ4v) is 0.830. The van der Waals surface area contributed by atoms with Gasteiger partial charge in [-0.15, -0.1) is 0 Å². The number of hydrogen-bond acceptors (Lipinski definition) is 2. The topological polar surface area (TPSA) is 58.2 Å². The Labute approximate surface area is 106 Å². The van der Waals surface area contributed by atoms with Gasteiger partial charge >= 0.3 is 0 Å². The summed E-state index contributed by atoms with van der Waals surface area (Å²) in [7, 11) is 0. The maximum atomic E-state index is 10.8. The van der Waals surface area contributed by atoms with Crippen LogP contribution in [0.1, 0.15) is 48.5 Å². The molecule has 0 heterocycles. The fraction of sp³-hybridized carbons (Fsp3) is 0.846. The third kappa shape index (κ3) is 12.9. The Morgan fingerprint density at radius 1 is 0.882 bits per heavy atom. The van der Waals surface area contributed by atoms with E-state index in [1.165, 1.54) is 0 Å². The molecule has 0 aromatic carbocycles. The fourth-order valence-electron chi connectivity index (χ4n) is 0.830. The van der Waals surface area contributed by atoms with Gasteiger partial charge in [-0.3, -0.25) is 9.59 Å². The number of nitrogens with one attached hydrogen (secondary N) is 2. The van der Waals surface area contributed by atoms with Gasteiger partial charge in [-0.25, -0.2) is 0 Å². The summed E-state index contributed by atoms with van der Waals surface area (Å²) in [6, 6.07) is 0.264. The summed E-state index contributed by atoms with van der Waals surface area (Å²) in [5, 5.41) is 5.51. The molecule has 0 saturated carbocycles. The molecule has 17 heavy (non-hydrogen) atoms. The van der Waals surface area contributed by atoms with Crippen LogP contribution in [0, 0.1) is 11.8 Å². The van der Waals surface area contributed by atoms with Crippen molar-refractivity contribution in [2.24, 2.45) is 11.8 Å². The number of carbonyl (C=O) groups is 2. The molecule has 0 aliphatic carbocycles. The lowest BCUT2D eigenvalue weighted by atomic mass is 10.2. The molecule has 102 valence electrons. The molecule has 0 rings (SSSR count). The van der Waals surface area contributed by atoms with Gasteiger partial charge in [0, 0.05) is 24.4 Å². The number of carbonyl (C=O) groups excluding carboxylic acids is 2. The minimum absolute atomic E-state index is 0.104. The summed E-state index contributed by atoms with van der Waals surface area (Å²) >= 11 is 0. The van der Waals surface area contributed by atoms with E-state index in [1.807, 2.05) is 48.5 Å². The molecule has 0 atom stereocenters. The molecule has 0 fully saturated rings. The zero-order chi connectivity index (χ0) is 14.0. The lowest BCUT2D eigenvalue weighted by Gasteiger charge is -2.09. The van der Waals surface area contributed by atoms with Crippen molar-refractivity contribution in [1.29, 1.82) is 0 Å². The van der Waals surface area contributed by atoms with Crippen molar-refractivity contribution in [2.75, 3.05) is 6.54 Å². The molecule has 2 amide bonds. The maximum Gasteiger partial charge on any atom is 0.222 e. The summed E-state index contributed by atoms with van der Waals surface area (Å²) in [6.45, 7) is 14.1. The highest BCUT2D eigenvalue weighted by atomic mass is 16.2. The smallest absolute Gasteiger partial charge is 0.222 e. The summed E-state index contributed by atoms with van der Waals surface area (Å²) < 4.78 is 0. The quantitative estimate of drug-likeness (QED) is 0.794. The molecular formula is C13H28N2O2. The normalized spacial score (nSPS) is 10.0. The largest absolute Gasteiger partial charge is 0.356 e. The molecule has 0 bridgehead atoms. The van der Waals surface area contributed by atoms with Crippen molar-refractivity contribution in [3.8, 4) is 0 Å². The molecule has 0 radical (unpaired) electrons. The molecule has 0 aliphatic heterocycles. The van der Waals surface area contributed by atoms with E-state index in [0.29, 0.717) is 0 Å². The van der Waals surface area contributed by atoms with Crippen molar-refractivity contribution in [3.05, 3.63) is 0 Å². The van der Waals surface area contributed by atoms with Gasteiger partial charge in [0.05, 0.1) is 0 Å². The molecule has 0 unspecified atom stereocenters. The van der Waals surface area contributed by atoms with Crippen molar-refractivity contribution in [2.45, 2.75) is 54.5 Å². The highest BCUT2D eigenvalue weighted by molar-refractivity contribution is 5.78. The van der Waals surface area contributed by atoms with Crippen LogP contribution in [0.3, 0.4) is 0 Å². The lowest BCUT2D eigenvalue weighted by molar-refractivity contribution is -0.125. The summed E-state index contributed by atoms with van der Waals surface area (Å²) in [4.78, 5) is 21.5. The average Bonchev–Trinajstić information content (AvgIpc) is 2.17. The van der Waals surface area contributed by atoms with Gasteiger partial charge in [0.1, 0.15) is 0 Å². The molecule has 2 N–H and O–H groups in total. The third-order valence-electron chi connectivity index (χ3n) is 1.83. The second-order valence-electron chi connectivity index (χ2n) is 4.87. The first-order valence-electron chi connectivity index (χ1n) is 6.30. The zero-order valence-corrected chi connectivity index (χ0v) is 12.3. The lowest BCUT2D eigenvalue weighted by Crippen LogP contribution is -2.33. The Bertz CT molecular complexity index is 223. The van der Waals surface area contributed by atoms with Crippen LogP contribution in [0.15, 0.2) is 0 Å². The van der Waals surface area contributed by atoms with Gasteiger partial charge in [0.15, 0.2) is 0 Å². The summed E-state index contributed by atoms with van der Waals surface area (Å²) in [6.07, 6.45) is 0. The second kappa shape index (κ2) is 10.1. The van der Waals surface area contributed by atoms with Gasteiger partial charge in [0.2, 0.25) is 11.8 Å². The molecule has 0 spiro atoms. The highest BCUT2D eigenvalue weighted by Gasteiger charge is 2.06. The van der Waals surface area contributed by atoms with Crippen LogP contribution in [-0.2, 0) is 9.59 Å². The third-order valence-corrected chi connectivity index (χ3v) is 1.83. The Morgan fingerprint density at radius 2 is 1.29 bits per heavy atom. The molecule has 0 aliphatic rings. The van der Waals surface area contributed by atoms with Gasteiger partial charge in [0.25, 0.3) is 0 Å². The van der Waals surface area contributed by atoms with E-state index in [-0.39, 0.29) is 29.7 Å². The number of hydrogen-bond donors (Lipinski definition) is 2. The van der Waals surface area contributed by atoms with Crippen LogP contribution < -0.4 is 10.6 Å². The molecule has 4 heteroatoms. The van der Waals surface area contributed by atoms with Crippen LogP contribution in [0.25, 0.3) is 0 Å². The molecule has 0 aromatic rings. The monoisotopic (exact) mass is 244 g/mol. The minimum atomic E-state index is 0.104. The van der Waals surface area contributed by atoms with Crippen molar-refractivity contribution < 1.29 is 9.59 Å². The van der Waals surface area contributed by atoms with Gasteiger partial charge in [-0.05, 0) is 20.8 Å². The Morgan fingerprint density at radius 3 is 1.41 bits per heavy atom. The van der Waals surface area contributed by atoms with Crippen LogP contribution in [0.4, 0.5) is 0 Å². The molecular weight excluding hydrogens is 216 g/mol. The van der Waals surface area contributed by atoms with Crippen molar-refractivity contribution in [3.63, 3.8) is 0 Å². The first-order chi connectivity index (χ1) is 7.72. The Kier molecular flexibility index (Phi) is 10.9. The molecule has 0 saturated heterocycles. The second-order valence-corrected chi connectivity index (χ2v) is 4.87. The molecule has 4 nitrogen and oxygen atoms in total. The standard InChI is InChI=1S/C7H15NO.C6H13NO/c1-5(2)7(9)8-6(3)4;1-4-7-6(8)5(2)3/h5-6H,1-4H3,(H,8,9);5H,4H2,1-3H3,(H,7,8). The van der Waals surface area contributed by atoms with E-state index >= 15 is 0 Å². The van der Waals surface area contributed by atoms with E-state index in [9.17, 15) is 9.59 Å². The first-order valence-corrected chi connectivity index (χ1v) is 6.30. The van der Waals surface area contributed by atoms with Gasteiger partial charge < -0.3 is 10.6 Å². The maximum absolute atomic E-state index is 10.8. The number of rotatable bonds is 4. The van der Waals surface area contributed by atoms with E-state index in [1.54, 1.807) is 0 Å². The highest BCUT2D eigenvalue weighted by Crippen LogP contribution is 1.91. The zero-order valence-electron chi connectivity index (χ0n) is 12.3. The van der Waals surface area contributed by atoms with Crippen molar-refractivity contribution in [1.82, 2.24) is 10.6 Å². The predicted octanol–water partition coefficient (Wildman–Crippen LogP) is 1.95. The van der Waals surface area contributed by atoms with E-state index in [4.69, 9.17) is 0 Å². The minimum Gasteiger partial charge on any atom is -0.356 e. The van der Waals surface area contributed by atoms with Crippen LogP contribution in [0.2, 0.25) is 0 Å². The van der Waals surface area contributed by atoms with Crippen molar-refractivity contribution >= 4 is 11.8 Å². The van der Waals surface area contributed by atoms with E-state index < -0.39 is 0 Å².